The molecule has 0 atom stereocenters. The first-order valence-electron chi connectivity index (χ1n) is 5.26. The van der Waals surface area contributed by atoms with Crippen LogP contribution in [0, 0.1) is 11.8 Å². The Hall–Kier alpha value is -0.950. The molecule has 0 bridgehead atoms. The second kappa shape index (κ2) is 5.95. The molecule has 16 heavy (non-hydrogen) atoms. The molecule has 0 saturated carbocycles. The van der Waals surface area contributed by atoms with Crippen LogP contribution in [0.15, 0.2) is 24.3 Å². The monoisotopic (exact) mass is 234 g/mol. The summed E-state index contributed by atoms with van der Waals surface area (Å²) in [5, 5.41) is 9.28. The van der Waals surface area contributed by atoms with E-state index in [2.05, 4.69) is 24.0 Å². The molecule has 2 nitrogen and oxygen atoms in total. The fraction of sp³-hybridized carbons (Fsp3) is 0.385. The van der Waals surface area contributed by atoms with Gasteiger partial charge in [0.05, 0.1) is 18.5 Å². The van der Waals surface area contributed by atoms with Gasteiger partial charge in [-0.1, -0.05) is 24.0 Å². The lowest BCUT2D eigenvalue weighted by Crippen LogP contribution is -2.30. The van der Waals surface area contributed by atoms with Crippen LogP contribution in [0.1, 0.15) is 11.1 Å². The average Bonchev–Trinajstić information content (AvgIpc) is 2.25. The number of benzene rings is 1. The van der Waals surface area contributed by atoms with E-state index in [4.69, 9.17) is 9.84 Å². The first-order chi connectivity index (χ1) is 7.88. The number of hydrogen-bond acceptors (Lipinski definition) is 3. The highest BCUT2D eigenvalue weighted by Crippen LogP contribution is 2.23. The lowest BCUT2D eigenvalue weighted by atomic mass is 10.1. The predicted molar refractivity (Wildman–Crippen MR) is 66.3 cm³/mol. The van der Waals surface area contributed by atoms with E-state index in [1.165, 1.54) is 5.56 Å². The third-order valence-electron chi connectivity index (χ3n) is 2.33. The third-order valence-corrected chi connectivity index (χ3v) is 3.58. The summed E-state index contributed by atoms with van der Waals surface area (Å²) >= 11 is 1.93. The third kappa shape index (κ3) is 3.28. The molecular formula is C13H14O2S. The predicted octanol–water partition coefficient (Wildman–Crippen LogP) is 1.66. The molecule has 1 aromatic carbocycles. The molecule has 1 aliphatic rings. The molecular weight excluding hydrogens is 220 g/mol. The van der Waals surface area contributed by atoms with Gasteiger partial charge in [-0.05, 0) is 17.7 Å². The molecule has 84 valence electrons. The highest BCUT2D eigenvalue weighted by Gasteiger charge is 2.18. The zero-order valence-electron chi connectivity index (χ0n) is 8.98. The fourth-order valence-electron chi connectivity index (χ4n) is 1.40. The molecule has 1 heterocycles. The van der Waals surface area contributed by atoms with Gasteiger partial charge in [0.25, 0.3) is 0 Å². The molecule has 0 amide bonds. The largest absolute Gasteiger partial charge is 0.384 e. The summed E-state index contributed by atoms with van der Waals surface area (Å²) < 4.78 is 5.13. The normalized spacial score (nSPS) is 15.1. The summed E-state index contributed by atoms with van der Waals surface area (Å²) in [5.41, 5.74) is 2.25. The SMILES string of the molecule is OCC#Cc1cccc(CSC2COC2)c1. The van der Waals surface area contributed by atoms with Crippen molar-refractivity contribution in [1.82, 2.24) is 0 Å². The smallest absolute Gasteiger partial charge is 0.104 e. The number of ether oxygens (including phenoxy) is 1. The van der Waals surface area contributed by atoms with E-state index in [-0.39, 0.29) is 6.61 Å². The van der Waals surface area contributed by atoms with Gasteiger partial charge in [0, 0.05) is 11.3 Å². The van der Waals surface area contributed by atoms with Gasteiger partial charge in [0.1, 0.15) is 6.61 Å². The lowest BCUT2D eigenvalue weighted by molar-refractivity contribution is 0.0455. The maximum absolute atomic E-state index is 8.62. The molecule has 3 heteroatoms. The van der Waals surface area contributed by atoms with Crippen molar-refractivity contribution in [1.29, 1.82) is 0 Å². The molecule has 1 aliphatic heterocycles. The first-order valence-corrected chi connectivity index (χ1v) is 6.31. The molecule has 1 N–H and O–H groups in total. The van der Waals surface area contributed by atoms with E-state index >= 15 is 0 Å². The van der Waals surface area contributed by atoms with Crippen LogP contribution in [0.4, 0.5) is 0 Å². The van der Waals surface area contributed by atoms with Gasteiger partial charge < -0.3 is 9.84 Å². The summed E-state index contributed by atoms with van der Waals surface area (Å²) in [6, 6.07) is 8.16. The fourth-order valence-corrected chi connectivity index (χ4v) is 2.40. The molecule has 2 rings (SSSR count). The quantitative estimate of drug-likeness (QED) is 0.807. The van der Waals surface area contributed by atoms with Crippen molar-refractivity contribution in [2.45, 2.75) is 11.0 Å². The van der Waals surface area contributed by atoms with Crippen LogP contribution in [0.5, 0.6) is 0 Å². The van der Waals surface area contributed by atoms with Gasteiger partial charge in [-0.3, -0.25) is 0 Å². The zero-order chi connectivity index (χ0) is 11.2. The molecule has 0 unspecified atom stereocenters. The Morgan fingerprint density at radius 1 is 1.44 bits per heavy atom. The molecule has 0 radical (unpaired) electrons. The Morgan fingerprint density at radius 3 is 3.00 bits per heavy atom. The van der Waals surface area contributed by atoms with Gasteiger partial charge in [0.2, 0.25) is 0 Å². The van der Waals surface area contributed by atoms with Crippen LogP contribution in [-0.4, -0.2) is 30.2 Å². The van der Waals surface area contributed by atoms with Crippen LogP contribution in [-0.2, 0) is 10.5 Å². The Balaban J connectivity index is 1.92. The van der Waals surface area contributed by atoms with Gasteiger partial charge >= 0.3 is 0 Å². The molecule has 0 aliphatic carbocycles. The molecule has 0 spiro atoms. The topological polar surface area (TPSA) is 29.5 Å². The Bertz CT molecular complexity index is 402. The minimum atomic E-state index is -0.0849. The maximum Gasteiger partial charge on any atom is 0.104 e. The number of rotatable bonds is 3. The van der Waals surface area contributed by atoms with E-state index in [9.17, 15) is 0 Å². The van der Waals surface area contributed by atoms with Gasteiger partial charge in [-0.2, -0.15) is 0 Å². The van der Waals surface area contributed by atoms with Crippen molar-refractivity contribution < 1.29 is 9.84 Å². The van der Waals surface area contributed by atoms with Gasteiger partial charge in [-0.15, -0.1) is 11.8 Å². The summed E-state index contributed by atoms with van der Waals surface area (Å²) in [4.78, 5) is 0. The maximum atomic E-state index is 8.62. The van der Waals surface area contributed by atoms with E-state index in [0.717, 1.165) is 24.5 Å². The van der Waals surface area contributed by atoms with E-state index in [1.54, 1.807) is 0 Å². The number of hydrogen-bond donors (Lipinski definition) is 1. The highest BCUT2D eigenvalue weighted by atomic mass is 32.2. The van der Waals surface area contributed by atoms with Crippen molar-refractivity contribution in [2.24, 2.45) is 0 Å². The number of aliphatic hydroxyl groups excluding tert-OH is 1. The van der Waals surface area contributed by atoms with Crippen molar-refractivity contribution in [3.05, 3.63) is 35.4 Å². The number of aliphatic hydroxyl groups is 1. The van der Waals surface area contributed by atoms with Crippen molar-refractivity contribution in [2.75, 3.05) is 19.8 Å². The Morgan fingerprint density at radius 2 is 2.31 bits per heavy atom. The van der Waals surface area contributed by atoms with Gasteiger partial charge in [0.15, 0.2) is 0 Å². The average molecular weight is 234 g/mol. The molecule has 1 saturated heterocycles. The molecule has 1 aromatic rings. The van der Waals surface area contributed by atoms with Crippen LogP contribution < -0.4 is 0 Å². The second-order valence-electron chi connectivity index (χ2n) is 3.63. The molecule has 0 aromatic heterocycles. The van der Waals surface area contributed by atoms with Crippen LogP contribution in [0.2, 0.25) is 0 Å². The Labute approximate surface area is 100 Å². The van der Waals surface area contributed by atoms with Crippen molar-refractivity contribution >= 4 is 11.8 Å². The van der Waals surface area contributed by atoms with Gasteiger partial charge in [-0.25, -0.2) is 0 Å². The summed E-state index contributed by atoms with van der Waals surface area (Å²) in [6.45, 7) is 1.68. The van der Waals surface area contributed by atoms with Crippen LogP contribution in [0.25, 0.3) is 0 Å². The second-order valence-corrected chi connectivity index (χ2v) is 4.92. The number of thioether (sulfide) groups is 1. The minimum absolute atomic E-state index is 0.0849. The van der Waals surface area contributed by atoms with E-state index < -0.39 is 0 Å². The van der Waals surface area contributed by atoms with Crippen molar-refractivity contribution in [3.63, 3.8) is 0 Å². The standard InChI is InChI=1S/C13H14O2S/c14-6-2-5-11-3-1-4-12(7-11)10-16-13-8-15-9-13/h1,3-4,7,13-14H,6,8-10H2. The highest BCUT2D eigenvalue weighted by molar-refractivity contribution is 7.99. The van der Waals surface area contributed by atoms with Crippen LogP contribution in [0.3, 0.4) is 0 Å². The van der Waals surface area contributed by atoms with E-state index in [1.807, 2.05) is 23.9 Å². The summed E-state index contributed by atoms with van der Waals surface area (Å²) in [6.07, 6.45) is 0. The lowest BCUT2D eigenvalue weighted by Gasteiger charge is -2.25. The first kappa shape index (κ1) is 11.5. The zero-order valence-corrected chi connectivity index (χ0v) is 9.80. The van der Waals surface area contributed by atoms with Crippen LogP contribution >= 0.6 is 11.8 Å². The van der Waals surface area contributed by atoms with E-state index in [0.29, 0.717) is 5.25 Å². The summed E-state index contributed by atoms with van der Waals surface area (Å²) in [7, 11) is 0. The molecule has 1 fully saturated rings. The van der Waals surface area contributed by atoms with Crippen molar-refractivity contribution in [3.8, 4) is 11.8 Å². The Kier molecular flexibility index (Phi) is 4.29. The minimum Gasteiger partial charge on any atom is -0.384 e. The summed E-state index contributed by atoms with van der Waals surface area (Å²) in [5.74, 6) is 6.58.